The minimum absolute atomic E-state index is 0.450. The lowest BCUT2D eigenvalue weighted by molar-refractivity contribution is 0.145. The number of nitrogens with zero attached hydrogens (tertiary/aromatic N) is 2. The zero-order chi connectivity index (χ0) is 12.5. The average molecular weight is 268 g/mol. The number of alkyl halides is 2. The first-order valence-electron chi connectivity index (χ1n) is 3.70. The van der Waals surface area contributed by atoms with Crippen molar-refractivity contribution in [1.29, 1.82) is 5.26 Å². The molecule has 0 amide bonds. The molecule has 1 aromatic rings. The molecule has 5 nitrogen and oxygen atoms in total. The first kappa shape index (κ1) is 12.6. The number of nitrogen functional groups attached to an aromatic ring is 1. The van der Waals surface area contributed by atoms with E-state index in [4.69, 9.17) is 21.7 Å². The van der Waals surface area contributed by atoms with Crippen molar-refractivity contribution in [2.45, 2.75) is 11.3 Å². The van der Waals surface area contributed by atoms with Crippen molar-refractivity contribution < 1.29 is 17.2 Å². The predicted octanol–water partition coefficient (Wildman–Crippen LogP) is 1.40. The lowest BCUT2D eigenvalue weighted by Crippen LogP contribution is -2.06. The van der Waals surface area contributed by atoms with E-state index in [2.05, 4.69) is 4.98 Å². The summed E-state index contributed by atoms with van der Waals surface area (Å²) < 4.78 is 47.0. The number of nitriles is 1. The van der Waals surface area contributed by atoms with E-state index in [0.29, 0.717) is 0 Å². The summed E-state index contributed by atoms with van der Waals surface area (Å²) in [7, 11) is 0.656. The lowest BCUT2D eigenvalue weighted by atomic mass is 10.2. The van der Waals surface area contributed by atoms with Gasteiger partial charge in [-0.05, 0) is 0 Å². The third-order valence-electron chi connectivity index (χ3n) is 1.61. The molecule has 0 bridgehead atoms. The van der Waals surface area contributed by atoms with Crippen LogP contribution in [0.4, 0.5) is 14.6 Å². The van der Waals surface area contributed by atoms with Crippen LogP contribution in [0.1, 0.15) is 17.7 Å². The van der Waals surface area contributed by atoms with Gasteiger partial charge in [0.1, 0.15) is 22.5 Å². The summed E-state index contributed by atoms with van der Waals surface area (Å²) in [5, 5.41) is 8.62. The molecule has 0 atom stereocenters. The van der Waals surface area contributed by atoms with Crippen molar-refractivity contribution in [3.63, 3.8) is 0 Å². The van der Waals surface area contributed by atoms with Crippen molar-refractivity contribution in [1.82, 2.24) is 4.98 Å². The molecule has 0 unspecified atom stereocenters. The third kappa shape index (κ3) is 2.37. The predicted molar refractivity (Wildman–Crippen MR) is 51.4 cm³/mol. The molecular formula is C7H4ClF2N3O2S. The molecule has 0 saturated heterocycles. The molecule has 0 fully saturated rings. The van der Waals surface area contributed by atoms with E-state index in [1.54, 1.807) is 0 Å². The molecule has 9 heteroatoms. The normalized spacial score (nSPS) is 11.4. The van der Waals surface area contributed by atoms with Crippen molar-refractivity contribution in [3.05, 3.63) is 17.3 Å². The number of pyridine rings is 1. The highest BCUT2D eigenvalue weighted by atomic mass is 35.7. The van der Waals surface area contributed by atoms with E-state index in [-0.39, 0.29) is 0 Å². The Balaban J connectivity index is 3.71. The molecule has 0 aromatic carbocycles. The van der Waals surface area contributed by atoms with Crippen LogP contribution in [-0.4, -0.2) is 13.4 Å². The maximum atomic E-state index is 12.5. The van der Waals surface area contributed by atoms with E-state index in [1.807, 2.05) is 0 Å². The van der Waals surface area contributed by atoms with Gasteiger partial charge in [0.2, 0.25) is 0 Å². The number of hydrogen-bond acceptors (Lipinski definition) is 5. The largest absolute Gasteiger partial charge is 0.384 e. The topological polar surface area (TPSA) is 96.8 Å². The Morgan fingerprint density at radius 3 is 2.50 bits per heavy atom. The Bertz CT molecular complexity index is 568. The summed E-state index contributed by atoms with van der Waals surface area (Å²) in [6.07, 6.45) is -3.12. The van der Waals surface area contributed by atoms with Crippen molar-refractivity contribution in [2.75, 3.05) is 5.73 Å². The van der Waals surface area contributed by atoms with E-state index in [9.17, 15) is 17.2 Å². The van der Waals surface area contributed by atoms with Gasteiger partial charge >= 0.3 is 0 Å². The molecule has 16 heavy (non-hydrogen) atoms. The van der Waals surface area contributed by atoms with E-state index >= 15 is 0 Å². The van der Waals surface area contributed by atoms with Crippen LogP contribution in [0.15, 0.2) is 11.0 Å². The highest BCUT2D eigenvalue weighted by Gasteiger charge is 2.25. The molecular weight excluding hydrogens is 264 g/mol. The van der Waals surface area contributed by atoms with Crippen LogP contribution < -0.4 is 5.73 Å². The van der Waals surface area contributed by atoms with Crippen LogP contribution in [-0.2, 0) is 9.05 Å². The fourth-order valence-corrected chi connectivity index (χ4v) is 2.04. The van der Waals surface area contributed by atoms with Gasteiger partial charge in [0.15, 0.2) is 0 Å². The molecule has 2 N–H and O–H groups in total. The fourth-order valence-electron chi connectivity index (χ4n) is 1.02. The van der Waals surface area contributed by atoms with Gasteiger partial charge in [-0.3, -0.25) is 0 Å². The molecule has 0 saturated carbocycles. The maximum absolute atomic E-state index is 12.5. The highest BCUT2D eigenvalue weighted by molar-refractivity contribution is 8.13. The Morgan fingerprint density at radius 1 is 1.56 bits per heavy atom. The summed E-state index contributed by atoms with van der Waals surface area (Å²) >= 11 is 0. The lowest BCUT2D eigenvalue weighted by Gasteiger charge is -2.06. The van der Waals surface area contributed by atoms with Gasteiger partial charge < -0.3 is 5.73 Å². The molecule has 1 aromatic heterocycles. The quantitative estimate of drug-likeness (QED) is 0.817. The van der Waals surface area contributed by atoms with Crippen LogP contribution in [0, 0.1) is 11.3 Å². The molecule has 0 aliphatic carbocycles. The Labute approximate surface area is 93.9 Å². The number of nitrogens with two attached hydrogens (primary N) is 1. The highest BCUT2D eigenvalue weighted by Crippen LogP contribution is 2.29. The molecule has 0 aliphatic rings. The molecule has 0 spiro atoms. The van der Waals surface area contributed by atoms with Crippen LogP contribution in [0.3, 0.4) is 0 Å². The molecule has 1 heterocycles. The zero-order valence-electron chi connectivity index (χ0n) is 7.49. The van der Waals surface area contributed by atoms with Crippen LogP contribution in [0.25, 0.3) is 0 Å². The summed E-state index contributed by atoms with van der Waals surface area (Å²) in [6, 6.07) is 2.07. The first-order chi connectivity index (χ1) is 7.27. The van der Waals surface area contributed by atoms with E-state index in [1.165, 1.54) is 6.07 Å². The standard InChI is InChI=1S/C7H4ClF2N3O2S/c8-16(14,15)4-1-5(12)13-6(7(9)10)3(4)2-11/h1,7H,(H2,12,13). The van der Waals surface area contributed by atoms with Gasteiger partial charge in [0.05, 0.1) is 5.56 Å². The second kappa shape index (κ2) is 4.19. The van der Waals surface area contributed by atoms with Crippen molar-refractivity contribution in [2.24, 2.45) is 0 Å². The van der Waals surface area contributed by atoms with Gasteiger partial charge in [0.25, 0.3) is 15.5 Å². The van der Waals surface area contributed by atoms with Gasteiger partial charge in [-0.25, -0.2) is 22.2 Å². The van der Waals surface area contributed by atoms with Crippen LogP contribution >= 0.6 is 10.7 Å². The average Bonchev–Trinajstić information content (AvgIpc) is 2.14. The summed E-state index contributed by atoms with van der Waals surface area (Å²) in [6.45, 7) is 0. The molecule has 0 radical (unpaired) electrons. The number of hydrogen-bond donors (Lipinski definition) is 1. The number of halogens is 3. The minimum Gasteiger partial charge on any atom is -0.384 e. The Kier molecular flexibility index (Phi) is 3.30. The first-order valence-corrected chi connectivity index (χ1v) is 6.01. The van der Waals surface area contributed by atoms with Gasteiger partial charge in [-0.15, -0.1) is 0 Å². The second-order valence-corrected chi connectivity index (χ2v) is 5.19. The second-order valence-electron chi connectivity index (χ2n) is 2.66. The van der Waals surface area contributed by atoms with Crippen LogP contribution in [0.2, 0.25) is 0 Å². The van der Waals surface area contributed by atoms with E-state index < -0.39 is 37.4 Å². The number of rotatable bonds is 2. The summed E-state index contributed by atoms with van der Waals surface area (Å²) in [4.78, 5) is 2.44. The summed E-state index contributed by atoms with van der Waals surface area (Å²) in [5.41, 5.74) is 3.35. The smallest absolute Gasteiger partial charge is 0.281 e. The zero-order valence-corrected chi connectivity index (χ0v) is 9.06. The monoisotopic (exact) mass is 267 g/mol. The van der Waals surface area contributed by atoms with Crippen molar-refractivity contribution >= 4 is 25.6 Å². The number of anilines is 1. The van der Waals surface area contributed by atoms with Gasteiger partial charge in [-0.2, -0.15) is 5.26 Å². The SMILES string of the molecule is N#Cc1c(S(=O)(=O)Cl)cc(N)nc1C(F)F. The maximum Gasteiger partial charge on any atom is 0.281 e. The van der Waals surface area contributed by atoms with Gasteiger partial charge in [-0.1, -0.05) is 0 Å². The Morgan fingerprint density at radius 2 is 2.12 bits per heavy atom. The third-order valence-corrected chi connectivity index (χ3v) is 2.96. The van der Waals surface area contributed by atoms with E-state index in [0.717, 1.165) is 6.07 Å². The molecule has 86 valence electrons. The van der Waals surface area contributed by atoms with Crippen LogP contribution in [0.5, 0.6) is 0 Å². The number of aromatic nitrogens is 1. The van der Waals surface area contributed by atoms with Gasteiger partial charge in [0, 0.05) is 16.7 Å². The minimum atomic E-state index is -4.33. The Hall–Kier alpha value is -1.46. The molecule has 0 aliphatic heterocycles. The fraction of sp³-hybridized carbons (Fsp3) is 0.143. The van der Waals surface area contributed by atoms with Crippen molar-refractivity contribution in [3.8, 4) is 6.07 Å². The molecule has 1 rings (SSSR count). The summed E-state index contributed by atoms with van der Waals surface area (Å²) in [5.74, 6) is -0.450.